The Morgan fingerprint density at radius 3 is 2.44 bits per heavy atom. The van der Waals surface area contributed by atoms with Crippen LogP contribution in [0.3, 0.4) is 0 Å². The van der Waals surface area contributed by atoms with Gasteiger partial charge in [0.2, 0.25) is 0 Å². The molecule has 1 aliphatic rings. The summed E-state index contributed by atoms with van der Waals surface area (Å²) in [6, 6.07) is 7.03. The van der Waals surface area contributed by atoms with E-state index in [1.807, 2.05) is 12.1 Å². The van der Waals surface area contributed by atoms with Crippen LogP contribution in [0.4, 0.5) is 8.78 Å². The molecule has 3 rings (SSSR count). The van der Waals surface area contributed by atoms with Crippen LogP contribution in [0.1, 0.15) is 69.8 Å². The lowest BCUT2D eigenvalue weighted by atomic mass is 9.76. The van der Waals surface area contributed by atoms with E-state index in [0.717, 1.165) is 37.0 Å². The molecule has 3 heteroatoms. The molecular formula is C22H28F2O. The molecule has 0 atom stereocenters. The molecule has 1 fully saturated rings. The topological polar surface area (TPSA) is 9.23 Å². The van der Waals surface area contributed by atoms with Crippen LogP contribution in [-0.2, 0) is 0 Å². The maximum atomic E-state index is 14.7. The smallest absolute Gasteiger partial charge is 0.167 e. The summed E-state index contributed by atoms with van der Waals surface area (Å²) in [5.41, 5.74) is 0.558. The lowest BCUT2D eigenvalue weighted by Gasteiger charge is -2.29. The van der Waals surface area contributed by atoms with Crippen LogP contribution < -0.4 is 4.74 Å². The van der Waals surface area contributed by atoms with Crippen molar-refractivity contribution in [3.63, 3.8) is 0 Å². The van der Waals surface area contributed by atoms with Gasteiger partial charge in [0.1, 0.15) is 5.75 Å². The fraction of sp³-hybridized carbons (Fsp3) is 0.545. The molecule has 0 radical (unpaired) electrons. The fourth-order valence-electron chi connectivity index (χ4n) is 4.20. The van der Waals surface area contributed by atoms with E-state index in [0.29, 0.717) is 16.7 Å². The Bertz CT molecular complexity index is 718. The highest BCUT2D eigenvalue weighted by atomic mass is 19.2. The van der Waals surface area contributed by atoms with E-state index in [2.05, 4.69) is 6.92 Å². The van der Waals surface area contributed by atoms with Crippen LogP contribution in [0.15, 0.2) is 24.3 Å². The van der Waals surface area contributed by atoms with Gasteiger partial charge < -0.3 is 4.74 Å². The number of rotatable bonds is 6. The number of benzene rings is 2. The Morgan fingerprint density at radius 2 is 1.76 bits per heavy atom. The summed E-state index contributed by atoms with van der Waals surface area (Å²) in [4.78, 5) is 0. The van der Waals surface area contributed by atoms with Gasteiger partial charge in [-0.2, -0.15) is 0 Å². The van der Waals surface area contributed by atoms with Crippen molar-refractivity contribution in [1.29, 1.82) is 0 Å². The third kappa shape index (κ3) is 3.96. The predicted octanol–water partition coefficient (Wildman–Crippen LogP) is 6.98. The molecule has 0 amide bonds. The molecule has 1 nitrogen and oxygen atoms in total. The third-order valence-electron chi connectivity index (χ3n) is 5.76. The standard InChI is InChI=1S/C22H28F2O/c1-3-4-5-6-15-7-9-16(10-8-15)19-13-17-11-12-18(25-2)14-20(17)22(24)21(19)23/h11-16H,3-10H2,1-2H3. The number of methoxy groups -OCH3 is 1. The summed E-state index contributed by atoms with van der Waals surface area (Å²) in [5, 5.41) is 1.05. The molecule has 2 aromatic carbocycles. The van der Waals surface area contributed by atoms with Gasteiger partial charge in [0.05, 0.1) is 7.11 Å². The minimum Gasteiger partial charge on any atom is -0.497 e. The van der Waals surface area contributed by atoms with E-state index >= 15 is 0 Å². The SMILES string of the molecule is CCCCCC1CCC(c2cc3ccc(OC)cc3c(F)c2F)CC1. The molecule has 136 valence electrons. The molecule has 2 aromatic rings. The van der Waals surface area contributed by atoms with E-state index in [-0.39, 0.29) is 5.92 Å². The van der Waals surface area contributed by atoms with Crippen LogP contribution in [0.5, 0.6) is 5.75 Å². The quantitative estimate of drug-likeness (QED) is 0.513. The number of halogens is 2. The Morgan fingerprint density at radius 1 is 1.00 bits per heavy atom. The van der Waals surface area contributed by atoms with Crippen molar-refractivity contribution in [2.45, 2.75) is 64.2 Å². The van der Waals surface area contributed by atoms with E-state index in [4.69, 9.17) is 4.74 Å². The van der Waals surface area contributed by atoms with Crippen molar-refractivity contribution < 1.29 is 13.5 Å². The molecule has 0 bridgehead atoms. The van der Waals surface area contributed by atoms with Gasteiger partial charge >= 0.3 is 0 Å². The van der Waals surface area contributed by atoms with Crippen LogP contribution in [0.2, 0.25) is 0 Å². The molecule has 0 aliphatic heterocycles. The van der Waals surface area contributed by atoms with Crippen molar-refractivity contribution in [2.75, 3.05) is 7.11 Å². The number of unbranched alkanes of at least 4 members (excludes halogenated alkanes) is 2. The average Bonchev–Trinajstić information content (AvgIpc) is 2.65. The molecule has 0 heterocycles. The van der Waals surface area contributed by atoms with Gasteiger partial charge in [0, 0.05) is 5.39 Å². The highest BCUT2D eigenvalue weighted by Gasteiger charge is 2.26. The predicted molar refractivity (Wildman–Crippen MR) is 99.3 cm³/mol. The monoisotopic (exact) mass is 346 g/mol. The first-order valence-electron chi connectivity index (χ1n) is 9.59. The second-order valence-corrected chi connectivity index (χ2v) is 7.39. The third-order valence-corrected chi connectivity index (χ3v) is 5.76. The normalized spacial score (nSPS) is 20.8. The number of hydrogen-bond donors (Lipinski definition) is 0. The first-order chi connectivity index (χ1) is 12.1. The lowest BCUT2D eigenvalue weighted by molar-refractivity contribution is 0.298. The Hall–Kier alpha value is -1.64. The summed E-state index contributed by atoms with van der Waals surface area (Å²) in [6.45, 7) is 2.23. The van der Waals surface area contributed by atoms with Crippen molar-refractivity contribution in [3.8, 4) is 5.75 Å². The van der Waals surface area contributed by atoms with Crippen molar-refractivity contribution >= 4 is 10.8 Å². The highest BCUT2D eigenvalue weighted by Crippen LogP contribution is 2.40. The van der Waals surface area contributed by atoms with Gasteiger partial charge in [-0.1, -0.05) is 38.7 Å². The Kier molecular flexibility index (Phi) is 5.93. The van der Waals surface area contributed by atoms with Gasteiger partial charge in [0.25, 0.3) is 0 Å². The van der Waals surface area contributed by atoms with Crippen LogP contribution in [0.25, 0.3) is 10.8 Å². The van der Waals surface area contributed by atoms with Crippen molar-refractivity contribution in [2.24, 2.45) is 5.92 Å². The van der Waals surface area contributed by atoms with Gasteiger partial charge in [-0.3, -0.25) is 0 Å². The minimum absolute atomic E-state index is 0.142. The zero-order valence-electron chi connectivity index (χ0n) is 15.3. The van der Waals surface area contributed by atoms with Gasteiger partial charge in [-0.05, 0) is 66.7 Å². The molecule has 1 aliphatic carbocycles. The van der Waals surface area contributed by atoms with E-state index in [9.17, 15) is 8.78 Å². The van der Waals surface area contributed by atoms with Crippen LogP contribution >= 0.6 is 0 Å². The second kappa shape index (κ2) is 8.16. The summed E-state index contributed by atoms with van der Waals surface area (Å²) < 4.78 is 34.4. The fourth-order valence-corrected chi connectivity index (χ4v) is 4.20. The van der Waals surface area contributed by atoms with Crippen LogP contribution in [0, 0.1) is 17.6 Å². The Balaban J connectivity index is 1.77. The second-order valence-electron chi connectivity index (χ2n) is 7.39. The largest absolute Gasteiger partial charge is 0.497 e. The first-order valence-corrected chi connectivity index (χ1v) is 9.59. The van der Waals surface area contributed by atoms with Gasteiger partial charge in [-0.15, -0.1) is 0 Å². The molecule has 0 unspecified atom stereocenters. The highest BCUT2D eigenvalue weighted by molar-refractivity contribution is 5.85. The van der Waals surface area contributed by atoms with Crippen molar-refractivity contribution in [3.05, 3.63) is 41.5 Å². The molecule has 0 N–H and O–H groups in total. The van der Waals surface area contributed by atoms with Gasteiger partial charge in [-0.25, -0.2) is 8.78 Å². The summed E-state index contributed by atoms with van der Waals surface area (Å²) in [6.07, 6.45) is 9.34. The summed E-state index contributed by atoms with van der Waals surface area (Å²) in [7, 11) is 1.53. The van der Waals surface area contributed by atoms with Gasteiger partial charge in [0.15, 0.2) is 11.6 Å². The lowest BCUT2D eigenvalue weighted by Crippen LogP contribution is -2.15. The van der Waals surface area contributed by atoms with Crippen molar-refractivity contribution in [1.82, 2.24) is 0 Å². The van der Waals surface area contributed by atoms with E-state index < -0.39 is 11.6 Å². The van der Waals surface area contributed by atoms with E-state index in [1.165, 1.54) is 32.8 Å². The molecule has 25 heavy (non-hydrogen) atoms. The first kappa shape index (κ1) is 18.2. The zero-order chi connectivity index (χ0) is 17.8. The molecule has 0 spiro atoms. The minimum atomic E-state index is -0.739. The number of ether oxygens (including phenoxy) is 1. The summed E-state index contributed by atoms with van der Waals surface area (Å²) in [5.74, 6) is 0.0432. The zero-order valence-corrected chi connectivity index (χ0v) is 15.3. The number of fused-ring (bicyclic) bond motifs is 1. The maximum absolute atomic E-state index is 14.7. The molecule has 0 saturated heterocycles. The average molecular weight is 346 g/mol. The van der Waals surface area contributed by atoms with Crippen LogP contribution in [-0.4, -0.2) is 7.11 Å². The maximum Gasteiger partial charge on any atom is 0.167 e. The molecular weight excluding hydrogens is 318 g/mol. The molecule has 1 saturated carbocycles. The molecule has 0 aromatic heterocycles. The Labute approximate surface area is 149 Å². The summed E-state index contributed by atoms with van der Waals surface area (Å²) >= 11 is 0. The van der Waals surface area contributed by atoms with E-state index in [1.54, 1.807) is 12.1 Å². The number of hydrogen-bond acceptors (Lipinski definition) is 1.